The molecule has 0 aliphatic carbocycles. The molecule has 5 heteroatoms. The van der Waals surface area contributed by atoms with Gasteiger partial charge < -0.3 is 0 Å². The Balaban J connectivity index is 1.96. The van der Waals surface area contributed by atoms with Crippen molar-refractivity contribution in [3.63, 3.8) is 0 Å². The minimum atomic E-state index is 0.102. The Hall–Kier alpha value is -1.20. The molecule has 0 radical (unpaired) electrons. The fourth-order valence-electron chi connectivity index (χ4n) is 3.56. The fraction of sp³-hybridized carbons (Fsp3) is 0.467. The number of halogens is 1. The Morgan fingerprint density at radius 3 is 3.10 bits per heavy atom. The predicted octanol–water partition coefficient (Wildman–Crippen LogP) is 2.53. The van der Waals surface area contributed by atoms with Crippen LogP contribution in [0.15, 0.2) is 27.5 Å². The zero-order valence-corrected chi connectivity index (χ0v) is 13.0. The second kappa shape index (κ2) is 4.15. The van der Waals surface area contributed by atoms with Crippen LogP contribution >= 0.6 is 15.9 Å². The smallest absolute Gasteiger partial charge is 0.261 e. The van der Waals surface area contributed by atoms with E-state index in [1.54, 1.807) is 0 Å². The molecule has 1 atom stereocenters. The zero-order chi connectivity index (χ0) is 13.9. The molecule has 1 aromatic heterocycles. The van der Waals surface area contributed by atoms with Crippen molar-refractivity contribution in [1.82, 2.24) is 14.5 Å². The molecule has 0 amide bonds. The third-order valence-corrected chi connectivity index (χ3v) is 5.23. The van der Waals surface area contributed by atoms with E-state index in [4.69, 9.17) is 4.98 Å². The first kappa shape index (κ1) is 12.5. The Morgan fingerprint density at radius 1 is 1.40 bits per heavy atom. The summed E-state index contributed by atoms with van der Waals surface area (Å²) in [4.78, 5) is 19.9. The van der Waals surface area contributed by atoms with Gasteiger partial charge in [-0.15, -0.1) is 0 Å². The minimum Gasteiger partial charge on any atom is -0.293 e. The fourth-order valence-corrected chi connectivity index (χ4v) is 3.91. The average Bonchev–Trinajstić information content (AvgIpc) is 2.77. The predicted molar refractivity (Wildman–Crippen MR) is 81.8 cm³/mol. The number of fused-ring (bicyclic) bond motifs is 3. The molecule has 0 bridgehead atoms. The Morgan fingerprint density at radius 2 is 2.25 bits per heavy atom. The highest BCUT2D eigenvalue weighted by atomic mass is 79.9. The summed E-state index contributed by atoms with van der Waals surface area (Å²) >= 11 is 3.45. The molecule has 4 nitrogen and oxygen atoms in total. The second-order valence-electron chi connectivity index (χ2n) is 6.10. The summed E-state index contributed by atoms with van der Waals surface area (Å²) in [6, 6.07) is 5.70. The highest BCUT2D eigenvalue weighted by molar-refractivity contribution is 9.10. The van der Waals surface area contributed by atoms with Crippen molar-refractivity contribution in [3.8, 4) is 0 Å². The Labute approximate surface area is 125 Å². The highest BCUT2D eigenvalue weighted by Crippen LogP contribution is 2.34. The molecule has 1 unspecified atom stereocenters. The van der Waals surface area contributed by atoms with E-state index in [0.29, 0.717) is 5.39 Å². The van der Waals surface area contributed by atoms with Gasteiger partial charge in [0.25, 0.3) is 5.56 Å². The van der Waals surface area contributed by atoms with Gasteiger partial charge in [-0.25, -0.2) is 4.98 Å². The van der Waals surface area contributed by atoms with Crippen molar-refractivity contribution in [2.75, 3.05) is 6.54 Å². The molecule has 1 saturated heterocycles. The van der Waals surface area contributed by atoms with Gasteiger partial charge in [0.05, 0.1) is 17.4 Å². The monoisotopic (exact) mass is 333 g/mol. The van der Waals surface area contributed by atoms with Crippen LogP contribution in [0, 0.1) is 0 Å². The quantitative estimate of drug-likeness (QED) is 0.743. The number of aromatic nitrogens is 2. The van der Waals surface area contributed by atoms with Gasteiger partial charge in [0, 0.05) is 16.6 Å². The van der Waals surface area contributed by atoms with Crippen LogP contribution in [-0.2, 0) is 13.1 Å². The van der Waals surface area contributed by atoms with Crippen molar-refractivity contribution in [2.24, 2.45) is 0 Å². The van der Waals surface area contributed by atoms with Crippen LogP contribution in [0.2, 0.25) is 0 Å². The Kier molecular flexibility index (Phi) is 2.60. The molecule has 1 fully saturated rings. The lowest BCUT2D eigenvalue weighted by molar-refractivity contribution is 0.0923. The summed E-state index contributed by atoms with van der Waals surface area (Å²) in [5, 5.41) is 0.715. The number of hydrogen-bond donors (Lipinski definition) is 0. The van der Waals surface area contributed by atoms with Crippen LogP contribution in [0.5, 0.6) is 0 Å². The lowest BCUT2D eigenvalue weighted by Crippen LogP contribution is -2.51. The molecule has 20 heavy (non-hydrogen) atoms. The maximum Gasteiger partial charge on any atom is 0.261 e. The van der Waals surface area contributed by atoms with Gasteiger partial charge in [-0.1, -0.05) is 15.9 Å². The number of nitrogens with zero attached hydrogens (tertiary/aromatic N) is 3. The van der Waals surface area contributed by atoms with E-state index in [9.17, 15) is 4.79 Å². The normalized spacial score (nSPS) is 25.7. The Bertz CT molecular complexity index is 770. The molecular weight excluding hydrogens is 318 g/mol. The van der Waals surface area contributed by atoms with Gasteiger partial charge in [-0.2, -0.15) is 0 Å². The molecule has 104 valence electrons. The van der Waals surface area contributed by atoms with Crippen LogP contribution in [0.1, 0.15) is 25.6 Å². The third-order valence-electron chi connectivity index (χ3n) is 4.73. The van der Waals surface area contributed by atoms with E-state index >= 15 is 0 Å². The molecular formula is C15H16BrN3O. The van der Waals surface area contributed by atoms with Gasteiger partial charge >= 0.3 is 0 Å². The molecule has 0 saturated carbocycles. The molecule has 2 aliphatic heterocycles. The first-order valence-corrected chi connectivity index (χ1v) is 7.80. The molecule has 0 N–H and O–H groups in total. The van der Waals surface area contributed by atoms with Crippen molar-refractivity contribution >= 4 is 26.8 Å². The lowest BCUT2D eigenvalue weighted by Gasteiger charge is -2.40. The van der Waals surface area contributed by atoms with Crippen molar-refractivity contribution in [2.45, 2.75) is 38.4 Å². The standard InChI is InChI=1S/C15H16BrN3O/c1-15-5-2-6-18(15)8-13-17-12-7-10(16)3-4-11(12)14(20)19(13)9-15/h3-4,7H,2,5-6,8-9H2,1H3. The largest absolute Gasteiger partial charge is 0.293 e. The van der Waals surface area contributed by atoms with E-state index in [2.05, 4.69) is 27.8 Å². The number of rotatable bonds is 0. The van der Waals surface area contributed by atoms with Crippen LogP contribution in [0.25, 0.3) is 10.9 Å². The zero-order valence-electron chi connectivity index (χ0n) is 11.4. The van der Waals surface area contributed by atoms with Crippen molar-refractivity contribution < 1.29 is 0 Å². The molecule has 1 aromatic carbocycles. The van der Waals surface area contributed by atoms with E-state index < -0.39 is 0 Å². The summed E-state index contributed by atoms with van der Waals surface area (Å²) < 4.78 is 2.85. The molecule has 3 heterocycles. The SMILES string of the molecule is CC12CCCN1Cc1nc3cc(Br)ccc3c(=O)n1C2. The molecule has 4 rings (SSSR count). The summed E-state index contributed by atoms with van der Waals surface area (Å²) in [6.45, 7) is 4.93. The molecule has 2 aliphatic rings. The summed E-state index contributed by atoms with van der Waals surface area (Å²) in [5.41, 5.74) is 1.02. The van der Waals surface area contributed by atoms with Crippen LogP contribution in [-0.4, -0.2) is 26.5 Å². The first-order valence-electron chi connectivity index (χ1n) is 7.01. The van der Waals surface area contributed by atoms with Crippen LogP contribution in [0.4, 0.5) is 0 Å². The number of benzene rings is 1. The van der Waals surface area contributed by atoms with Gasteiger partial charge in [0.2, 0.25) is 0 Å². The van der Waals surface area contributed by atoms with Crippen molar-refractivity contribution in [1.29, 1.82) is 0 Å². The minimum absolute atomic E-state index is 0.102. The van der Waals surface area contributed by atoms with Crippen LogP contribution in [0.3, 0.4) is 0 Å². The van der Waals surface area contributed by atoms with E-state index in [-0.39, 0.29) is 11.1 Å². The molecule has 0 spiro atoms. The van der Waals surface area contributed by atoms with Gasteiger partial charge in [-0.3, -0.25) is 14.3 Å². The maximum absolute atomic E-state index is 12.7. The lowest BCUT2D eigenvalue weighted by atomic mass is 9.96. The summed E-state index contributed by atoms with van der Waals surface area (Å²) in [7, 11) is 0. The topological polar surface area (TPSA) is 38.1 Å². The second-order valence-corrected chi connectivity index (χ2v) is 7.02. The first-order chi connectivity index (χ1) is 9.57. The van der Waals surface area contributed by atoms with E-state index in [1.165, 1.54) is 6.42 Å². The van der Waals surface area contributed by atoms with Gasteiger partial charge in [0.15, 0.2) is 0 Å². The highest BCUT2D eigenvalue weighted by Gasteiger charge is 2.41. The molecule has 2 aromatic rings. The summed E-state index contributed by atoms with van der Waals surface area (Å²) in [6.07, 6.45) is 2.38. The van der Waals surface area contributed by atoms with Crippen LogP contribution < -0.4 is 5.56 Å². The van der Waals surface area contributed by atoms with Gasteiger partial charge in [-0.05, 0) is 44.5 Å². The van der Waals surface area contributed by atoms with E-state index in [0.717, 1.165) is 41.9 Å². The number of hydrogen-bond acceptors (Lipinski definition) is 3. The maximum atomic E-state index is 12.7. The third kappa shape index (κ3) is 1.69. The average molecular weight is 334 g/mol. The summed E-state index contributed by atoms with van der Waals surface area (Å²) in [5.74, 6) is 0.903. The van der Waals surface area contributed by atoms with Gasteiger partial charge in [0.1, 0.15) is 5.82 Å². The van der Waals surface area contributed by atoms with Crippen molar-refractivity contribution in [3.05, 3.63) is 38.9 Å². The van der Waals surface area contributed by atoms with E-state index in [1.807, 2.05) is 22.8 Å².